The number of imidazole rings is 1. The van der Waals surface area contributed by atoms with Crippen LogP contribution in [0.5, 0.6) is 0 Å². The van der Waals surface area contributed by atoms with Crippen LogP contribution in [-0.4, -0.2) is 98.1 Å². The van der Waals surface area contributed by atoms with Gasteiger partial charge in [-0.05, 0) is 26.3 Å². The molecule has 1 saturated heterocycles. The van der Waals surface area contributed by atoms with Crippen molar-refractivity contribution >= 4 is 34.7 Å². The lowest BCUT2D eigenvalue weighted by Crippen LogP contribution is -2.49. The van der Waals surface area contributed by atoms with Gasteiger partial charge in [0.2, 0.25) is 11.9 Å². The molecule has 6 N–H and O–H groups in total. The Bertz CT molecular complexity index is 1200. The Morgan fingerprint density at radius 1 is 1.19 bits per heavy atom. The van der Waals surface area contributed by atoms with Gasteiger partial charge in [-0.1, -0.05) is 0 Å². The molecule has 0 unspecified atom stereocenters. The lowest BCUT2D eigenvalue weighted by Gasteiger charge is -2.40. The molecule has 1 aliphatic heterocycles. The largest absolute Gasteiger partial charge is 0.389 e. The number of likely N-dealkylation sites (N-methyl/N-ethyl adjacent to an activating group) is 1. The van der Waals surface area contributed by atoms with Crippen LogP contribution in [0.4, 0.5) is 27.9 Å². The molecular weight excluding hydrogens is 469 g/mol. The summed E-state index contributed by atoms with van der Waals surface area (Å²) in [5.74, 6) is 0.441. The zero-order valence-corrected chi connectivity index (χ0v) is 20.2. The first-order valence-electron chi connectivity index (χ1n) is 12.2. The molecule has 5 rings (SSSR count). The van der Waals surface area contributed by atoms with Gasteiger partial charge < -0.3 is 36.1 Å². The Balaban J connectivity index is 1.23. The predicted octanol–water partition coefficient (Wildman–Crippen LogP) is 0.255. The van der Waals surface area contributed by atoms with Crippen molar-refractivity contribution in [2.45, 2.75) is 37.5 Å². The number of nitrogens with one attached hydrogen (secondary N) is 1. The molecule has 194 valence electrons. The molecule has 0 radical (unpaired) electrons. The topological polar surface area (TPSA) is 169 Å². The van der Waals surface area contributed by atoms with Crippen LogP contribution in [0.25, 0.3) is 11.2 Å². The molecule has 3 atom stereocenters. The van der Waals surface area contributed by atoms with E-state index in [0.29, 0.717) is 56.5 Å². The fourth-order valence-electron chi connectivity index (χ4n) is 5.03. The number of nitrogens with zero attached hydrogens (tertiary/aromatic N) is 8. The average molecular weight is 502 g/mol. The van der Waals surface area contributed by atoms with Gasteiger partial charge in [0, 0.05) is 32.2 Å². The predicted molar refractivity (Wildman–Crippen MR) is 133 cm³/mol. The fourth-order valence-corrected chi connectivity index (χ4v) is 5.03. The average Bonchev–Trinajstić information content (AvgIpc) is 3.29. The molecule has 3 aromatic heterocycles. The van der Waals surface area contributed by atoms with Crippen LogP contribution in [0.1, 0.15) is 25.3 Å². The summed E-state index contributed by atoms with van der Waals surface area (Å²) in [5.41, 5.74) is 12.7. The fraction of sp³-hybridized carbons (Fsp3) is 0.591. The summed E-state index contributed by atoms with van der Waals surface area (Å²) in [6, 6.07) is -0.327. The van der Waals surface area contributed by atoms with Crippen molar-refractivity contribution in [3.8, 4) is 0 Å². The SMILES string of the molecule is CN(CCNc1nc(N2CCOCC2)ncc1F)[C@@H]1CCC[C@@H](n2cnc3c(N)nc(N)nc32)[C@@H]1O. The quantitative estimate of drug-likeness (QED) is 0.349. The highest BCUT2D eigenvalue weighted by Crippen LogP contribution is 2.34. The molecular formula is C22H32FN11O2. The van der Waals surface area contributed by atoms with E-state index in [2.05, 4.69) is 35.1 Å². The molecule has 13 nitrogen and oxygen atoms in total. The maximum Gasteiger partial charge on any atom is 0.227 e. The second-order valence-electron chi connectivity index (χ2n) is 9.22. The number of nitrogen functional groups attached to an aromatic ring is 2. The standard InChI is InChI=1S/C22H32FN11O2/c1-32(6-5-26-19-13(23)11-27-22(30-19)33-7-9-36-10-8-33)14-3-2-4-15(17(14)35)34-12-28-16-18(24)29-21(25)31-20(16)34/h11-12,14-15,17,35H,2-10H2,1H3,(H,26,27,30)(H4,24,25,29,31)/t14-,15-,17-/m1/s1. The Labute approximate surface area is 207 Å². The van der Waals surface area contributed by atoms with Crippen LogP contribution >= 0.6 is 0 Å². The van der Waals surface area contributed by atoms with E-state index in [4.69, 9.17) is 16.2 Å². The number of hydrogen-bond acceptors (Lipinski definition) is 12. The summed E-state index contributed by atoms with van der Waals surface area (Å²) in [6.07, 6.45) is 4.69. The highest BCUT2D eigenvalue weighted by Gasteiger charge is 2.36. The zero-order chi connectivity index (χ0) is 25.2. The summed E-state index contributed by atoms with van der Waals surface area (Å²) in [7, 11) is 1.96. The lowest BCUT2D eigenvalue weighted by atomic mass is 9.87. The number of morpholine rings is 1. The van der Waals surface area contributed by atoms with Gasteiger partial charge in [0.15, 0.2) is 23.1 Å². The van der Waals surface area contributed by atoms with Crippen molar-refractivity contribution < 1.29 is 14.2 Å². The van der Waals surface area contributed by atoms with E-state index in [1.54, 1.807) is 6.33 Å². The van der Waals surface area contributed by atoms with Crippen LogP contribution in [0.2, 0.25) is 0 Å². The third-order valence-corrected chi connectivity index (χ3v) is 6.96. The minimum Gasteiger partial charge on any atom is -0.389 e. The van der Waals surface area contributed by atoms with Crippen LogP contribution in [-0.2, 0) is 4.74 Å². The molecule has 36 heavy (non-hydrogen) atoms. The summed E-state index contributed by atoms with van der Waals surface area (Å²) >= 11 is 0. The number of ether oxygens (including phenoxy) is 1. The number of fused-ring (bicyclic) bond motifs is 1. The Morgan fingerprint density at radius 3 is 2.81 bits per heavy atom. The van der Waals surface area contributed by atoms with Crippen molar-refractivity contribution in [2.24, 2.45) is 0 Å². The van der Waals surface area contributed by atoms with Gasteiger partial charge in [0.05, 0.1) is 37.9 Å². The normalized spacial score (nSPS) is 22.9. The van der Waals surface area contributed by atoms with Gasteiger partial charge in [-0.15, -0.1) is 0 Å². The third-order valence-electron chi connectivity index (χ3n) is 6.96. The first-order valence-corrected chi connectivity index (χ1v) is 12.2. The van der Waals surface area contributed by atoms with Gasteiger partial charge in [-0.3, -0.25) is 4.90 Å². The highest BCUT2D eigenvalue weighted by molar-refractivity contribution is 5.82. The van der Waals surface area contributed by atoms with Crippen molar-refractivity contribution in [1.82, 2.24) is 34.4 Å². The van der Waals surface area contributed by atoms with Crippen molar-refractivity contribution in [3.63, 3.8) is 0 Å². The number of hydrogen-bond donors (Lipinski definition) is 4. The van der Waals surface area contributed by atoms with E-state index in [9.17, 15) is 9.50 Å². The van der Waals surface area contributed by atoms with Crippen molar-refractivity contribution in [1.29, 1.82) is 0 Å². The van der Waals surface area contributed by atoms with Gasteiger partial charge in [-0.2, -0.15) is 15.0 Å². The number of nitrogens with two attached hydrogens (primary N) is 2. The van der Waals surface area contributed by atoms with Crippen LogP contribution in [0.15, 0.2) is 12.5 Å². The number of aromatic nitrogens is 6. The van der Waals surface area contributed by atoms with E-state index >= 15 is 0 Å². The molecule has 0 amide bonds. The van der Waals surface area contributed by atoms with Crippen LogP contribution in [0, 0.1) is 5.82 Å². The summed E-state index contributed by atoms with van der Waals surface area (Å²) in [4.78, 5) is 25.2. The van der Waals surface area contributed by atoms with E-state index in [-0.39, 0.29) is 29.7 Å². The van der Waals surface area contributed by atoms with Crippen molar-refractivity contribution in [2.75, 3.05) is 68.1 Å². The number of aliphatic hydroxyl groups is 1. The van der Waals surface area contributed by atoms with Gasteiger partial charge in [0.1, 0.15) is 5.52 Å². The van der Waals surface area contributed by atoms with Gasteiger partial charge in [0.25, 0.3) is 0 Å². The first kappa shape index (κ1) is 24.3. The van der Waals surface area contributed by atoms with E-state index in [1.165, 1.54) is 6.20 Å². The van der Waals surface area contributed by atoms with Crippen LogP contribution < -0.4 is 21.7 Å². The minimum absolute atomic E-state index is 0.0699. The second kappa shape index (κ2) is 10.3. The highest BCUT2D eigenvalue weighted by atomic mass is 19.1. The number of aliphatic hydroxyl groups excluding tert-OH is 1. The molecule has 2 aliphatic rings. The molecule has 1 saturated carbocycles. The lowest BCUT2D eigenvalue weighted by molar-refractivity contribution is -0.00165. The van der Waals surface area contributed by atoms with Crippen molar-refractivity contribution in [3.05, 3.63) is 18.3 Å². The molecule has 0 aromatic carbocycles. The van der Waals surface area contributed by atoms with Crippen LogP contribution in [0.3, 0.4) is 0 Å². The molecule has 0 spiro atoms. The number of halogens is 1. The maximum atomic E-state index is 14.3. The summed E-state index contributed by atoms with van der Waals surface area (Å²) in [5, 5.41) is 14.4. The number of anilines is 4. The van der Waals surface area contributed by atoms with Gasteiger partial charge in [-0.25, -0.2) is 14.4 Å². The Morgan fingerprint density at radius 2 is 2.00 bits per heavy atom. The number of rotatable bonds is 7. The molecule has 0 bridgehead atoms. The minimum atomic E-state index is -0.665. The van der Waals surface area contributed by atoms with E-state index < -0.39 is 11.9 Å². The summed E-state index contributed by atoms with van der Waals surface area (Å²) in [6.45, 7) is 3.58. The van der Waals surface area contributed by atoms with Gasteiger partial charge >= 0.3 is 0 Å². The first-order chi connectivity index (χ1) is 17.4. The third kappa shape index (κ3) is 4.83. The Kier molecular flexibility index (Phi) is 6.98. The zero-order valence-electron chi connectivity index (χ0n) is 20.2. The Hall–Kier alpha value is -3.36. The smallest absolute Gasteiger partial charge is 0.227 e. The summed E-state index contributed by atoms with van der Waals surface area (Å²) < 4.78 is 21.6. The van der Waals surface area contributed by atoms with E-state index in [0.717, 1.165) is 19.3 Å². The molecule has 1 aliphatic carbocycles. The molecule has 3 aromatic rings. The van der Waals surface area contributed by atoms with E-state index in [1.807, 2.05) is 16.5 Å². The molecule has 14 heteroatoms. The second-order valence-corrected chi connectivity index (χ2v) is 9.22. The molecule has 2 fully saturated rings. The maximum absolute atomic E-state index is 14.3. The monoisotopic (exact) mass is 501 g/mol. The molecule has 4 heterocycles.